The number of rotatable bonds is 26. The Bertz CT molecular complexity index is 2450. The van der Waals surface area contributed by atoms with E-state index in [4.69, 9.17) is 52.1 Å². The van der Waals surface area contributed by atoms with Gasteiger partial charge in [-0.05, 0) is 0 Å². The molecule has 0 spiro atoms. The van der Waals surface area contributed by atoms with Crippen molar-refractivity contribution in [1.82, 2.24) is 21.3 Å². The van der Waals surface area contributed by atoms with Crippen molar-refractivity contribution in [2.45, 2.75) is 236 Å². The Balaban J connectivity index is 1.25. The van der Waals surface area contributed by atoms with Crippen molar-refractivity contribution in [1.29, 1.82) is 0 Å². The maximum atomic E-state index is 13.1. The molecule has 41 nitrogen and oxygen atoms in total. The molecular formula is C50H82N4O37. The third-order valence-corrected chi connectivity index (χ3v) is 16.0. The van der Waals surface area contributed by atoms with E-state index in [1.807, 2.05) is 0 Å². The summed E-state index contributed by atoms with van der Waals surface area (Å²) < 4.78 is 63.0. The molecule has 24 N–H and O–H groups in total. The van der Waals surface area contributed by atoms with Crippen LogP contribution in [0.25, 0.3) is 0 Å². The van der Waals surface area contributed by atoms with Crippen molar-refractivity contribution in [2.75, 3.05) is 39.6 Å². The summed E-state index contributed by atoms with van der Waals surface area (Å²) in [6, 6.07) is -7.15. The van der Waals surface area contributed by atoms with E-state index in [1.54, 1.807) is 0 Å². The first-order valence-corrected chi connectivity index (χ1v) is 28.3. The summed E-state index contributed by atoms with van der Waals surface area (Å²) in [5.41, 5.74) is 0. The maximum absolute atomic E-state index is 13.1. The third-order valence-electron chi connectivity index (χ3n) is 16.0. The second-order valence-electron chi connectivity index (χ2n) is 22.6. The van der Waals surface area contributed by atoms with Gasteiger partial charge in [0.05, 0.1) is 63.9 Å². The monoisotopic (exact) mass is 1330 g/mol. The molecule has 0 aromatic rings. The van der Waals surface area contributed by atoms with Crippen LogP contribution in [0.5, 0.6) is 0 Å². The van der Waals surface area contributed by atoms with Gasteiger partial charge < -0.3 is 176 Å². The normalized spacial score (nSPS) is 43.5. The molecule has 524 valence electrons. The number of aliphatic hydroxyl groups excluding tert-OH is 18. The highest BCUT2D eigenvalue weighted by Gasteiger charge is 2.62. The van der Waals surface area contributed by atoms with Gasteiger partial charge in [-0.15, -0.1) is 0 Å². The molecule has 6 rings (SSSR count). The standard InChI is InChI=1S/C50H82N4O37/c1-13(60)51-25-17(64)5-49(47(77)78,89-39(25)29(68)19(66)7-55)81-12-24-33(72)38(28(43(76)82-24)54-16(4)63)87-45-35(74)41(31(70)21(9-57)83-45)88-44-27(53-15(3)62)34(73)37(23(11-59)85-44)86-46-36(75)42(32(71)22(10-58)84-46)91-50(48(79)80)6-18(65)26(52-14(2)61)40(90-50)30(69)20(67)8-56/h17-46,55-59,64-76H,5-12H2,1-4H3,(H,51,60)(H,52,61)(H,53,62)(H,54,63)(H,77,78)(H,79,80)/t17-,18-,19+,20+,21+,22+,23+,24+,25+,26+,27+,28+,29+,30+,31-,32-,33-,34+,35+,36+,37+,38+,39+,40+,41-,42-,43?,44-,45-,46-,49+,50-/m0/s1. The summed E-state index contributed by atoms with van der Waals surface area (Å²) in [5, 5.41) is 227. The van der Waals surface area contributed by atoms with Gasteiger partial charge in [0.15, 0.2) is 25.2 Å². The lowest BCUT2D eigenvalue weighted by Crippen LogP contribution is -2.71. The quantitative estimate of drug-likeness (QED) is 0.0382. The summed E-state index contributed by atoms with van der Waals surface area (Å²) >= 11 is 0. The molecule has 0 aliphatic carbocycles. The zero-order valence-electron chi connectivity index (χ0n) is 48.9. The number of nitrogens with one attached hydrogen (secondary N) is 4. The summed E-state index contributed by atoms with van der Waals surface area (Å²) in [5.74, 6) is -13.9. The molecule has 6 aliphatic rings. The highest BCUT2D eigenvalue weighted by molar-refractivity contribution is 5.77. The summed E-state index contributed by atoms with van der Waals surface area (Å²) in [6.45, 7) is -3.12. The average molecular weight is 1330 g/mol. The van der Waals surface area contributed by atoms with Gasteiger partial charge in [-0.2, -0.15) is 0 Å². The highest BCUT2D eigenvalue weighted by atomic mass is 16.8. The Morgan fingerprint density at radius 2 is 0.835 bits per heavy atom. The first-order chi connectivity index (χ1) is 42.6. The largest absolute Gasteiger partial charge is 0.477 e. The number of hydrogen-bond acceptors (Lipinski definition) is 35. The number of carbonyl (C=O) groups excluding carboxylic acids is 4. The van der Waals surface area contributed by atoms with Crippen LogP contribution in [0.4, 0.5) is 0 Å². The van der Waals surface area contributed by atoms with Crippen LogP contribution in [0.2, 0.25) is 0 Å². The van der Waals surface area contributed by atoms with Gasteiger partial charge in [0.25, 0.3) is 11.6 Å². The van der Waals surface area contributed by atoms with Gasteiger partial charge in [-0.25, -0.2) is 9.59 Å². The first kappa shape index (κ1) is 75.7. The van der Waals surface area contributed by atoms with Crippen molar-refractivity contribution in [3.63, 3.8) is 0 Å². The number of carboxylic acid groups (broad SMARTS) is 2. The lowest BCUT2D eigenvalue weighted by Gasteiger charge is -2.51. The average Bonchev–Trinajstić information content (AvgIpc) is 0.832. The van der Waals surface area contributed by atoms with E-state index in [2.05, 4.69) is 21.3 Å². The van der Waals surface area contributed by atoms with Gasteiger partial charge in [0.2, 0.25) is 23.6 Å². The lowest BCUT2D eigenvalue weighted by molar-refractivity contribution is -0.389. The topological polar surface area (TPSA) is 657 Å². The van der Waals surface area contributed by atoms with Crippen molar-refractivity contribution in [3.8, 4) is 0 Å². The van der Waals surface area contributed by atoms with Crippen LogP contribution in [0.3, 0.4) is 0 Å². The van der Waals surface area contributed by atoms with E-state index in [9.17, 15) is 131 Å². The lowest BCUT2D eigenvalue weighted by atomic mass is 9.88. The molecule has 0 aromatic heterocycles. The van der Waals surface area contributed by atoms with Gasteiger partial charge in [0.1, 0.15) is 134 Å². The third kappa shape index (κ3) is 16.8. The molecule has 6 saturated heterocycles. The van der Waals surface area contributed by atoms with E-state index < -0.39 is 283 Å². The molecule has 91 heavy (non-hydrogen) atoms. The van der Waals surface area contributed by atoms with Gasteiger partial charge in [-0.3, -0.25) is 19.2 Å². The summed E-state index contributed by atoms with van der Waals surface area (Å²) in [4.78, 5) is 75.4. The van der Waals surface area contributed by atoms with Gasteiger partial charge >= 0.3 is 11.9 Å². The molecule has 0 bridgehead atoms. The molecule has 41 heteroatoms. The Morgan fingerprint density at radius 3 is 1.29 bits per heavy atom. The smallest absolute Gasteiger partial charge is 0.364 e. The zero-order valence-corrected chi connectivity index (χ0v) is 48.9. The number of ether oxygens (including phenoxy) is 11. The minimum atomic E-state index is -3.24. The second kappa shape index (κ2) is 31.9. The van der Waals surface area contributed by atoms with Crippen LogP contribution in [0.1, 0.15) is 40.5 Å². The van der Waals surface area contributed by atoms with Crippen molar-refractivity contribution < 1.29 is 183 Å². The Labute approximate surface area is 514 Å². The molecule has 0 aromatic carbocycles. The second-order valence-corrected chi connectivity index (χ2v) is 22.6. The Morgan fingerprint density at radius 1 is 0.451 bits per heavy atom. The molecule has 6 heterocycles. The summed E-state index contributed by atoms with van der Waals surface area (Å²) in [7, 11) is 0. The SMILES string of the molecule is CC(=O)N[C@H]1[C@H](O[C@H]2[C@@H](O)[C@@H](CO)O[C@@H](O[C@H]3[C@@H](O)[C@@H](CO[C@]4(C(=O)O)C[C@H](O)[C@@H](NC(C)=O)[C@H]([C@H](O)[C@H](O)CO)O4)OC(O)[C@@H]3NC(C)=O)[C@@H]2O)O[C@H](CO)[C@@H](O[C@@H]2O[C@H](CO)[C@H](O)[C@H](O[C@]3(C(=O)O)C[C@H](O)[C@@H](NC(C)=O)[C@H]([C@H](O)[C@H](O)CO)O3)[C@H]2O)[C@@H]1O. The van der Waals surface area contributed by atoms with Crippen LogP contribution in [0.15, 0.2) is 0 Å². The van der Waals surface area contributed by atoms with Gasteiger partial charge in [-0.1, -0.05) is 0 Å². The maximum Gasteiger partial charge on any atom is 0.364 e. The number of carboxylic acids is 2. The number of aliphatic carboxylic acids is 2. The van der Waals surface area contributed by atoms with E-state index in [0.29, 0.717) is 0 Å². The predicted octanol–water partition coefficient (Wildman–Crippen LogP) is -15.1. The molecule has 0 saturated carbocycles. The Hall–Kier alpha value is -4.34. The zero-order chi connectivity index (χ0) is 68.0. The van der Waals surface area contributed by atoms with E-state index in [0.717, 1.165) is 27.7 Å². The van der Waals surface area contributed by atoms with E-state index in [1.165, 1.54) is 0 Å². The van der Waals surface area contributed by atoms with Crippen LogP contribution < -0.4 is 21.3 Å². The van der Waals surface area contributed by atoms with Crippen LogP contribution in [0, 0.1) is 0 Å². The van der Waals surface area contributed by atoms with Crippen LogP contribution in [-0.4, -0.2) is 373 Å². The number of carbonyl (C=O) groups is 6. The molecule has 1 unspecified atom stereocenters. The van der Waals surface area contributed by atoms with Crippen LogP contribution in [-0.2, 0) is 80.9 Å². The first-order valence-electron chi connectivity index (χ1n) is 28.3. The highest BCUT2D eigenvalue weighted by Crippen LogP contribution is 2.41. The van der Waals surface area contributed by atoms with Crippen molar-refractivity contribution in [3.05, 3.63) is 0 Å². The molecule has 6 aliphatic heterocycles. The molecule has 32 atom stereocenters. The van der Waals surface area contributed by atoms with Crippen molar-refractivity contribution >= 4 is 35.6 Å². The fraction of sp³-hybridized carbons (Fsp3) is 0.880. The minimum absolute atomic E-state index is 0.814. The minimum Gasteiger partial charge on any atom is -0.477 e. The van der Waals surface area contributed by atoms with Crippen LogP contribution >= 0.6 is 0 Å². The fourth-order valence-corrected chi connectivity index (χ4v) is 11.4. The number of hydrogen-bond donors (Lipinski definition) is 24. The van der Waals surface area contributed by atoms with E-state index >= 15 is 0 Å². The molecular weight excluding hydrogens is 1250 g/mol. The van der Waals surface area contributed by atoms with Crippen molar-refractivity contribution in [2.24, 2.45) is 0 Å². The Kier molecular flexibility index (Phi) is 26.6. The van der Waals surface area contributed by atoms with Gasteiger partial charge in [0, 0.05) is 40.5 Å². The fourth-order valence-electron chi connectivity index (χ4n) is 11.4. The number of aliphatic hydroxyl groups is 18. The molecule has 0 radical (unpaired) electrons. The summed E-state index contributed by atoms with van der Waals surface area (Å²) in [6.07, 6.45) is -58.0. The predicted molar refractivity (Wildman–Crippen MR) is 280 cm³/mol. The molecule has 6 fully saturated rings. The molecule has 4 amide bonds. The van der Waals surface area contributed by atoms with E-state index in [-0.39, 0.29) is 0 Å². The number of amides is 4.